The number of H-pyrrole nitrogens is 1. The molecular weight excluding hydrogens is 230 g/mol. The van der Waals surface area contributed by atoms with Gasteiger partial charge in [0, 0.05) is 24.4 Å². The first kappa shape index (κ1) is 12.0. The molecule has 1 amide bonds. The van der Waals surface area contributed by atoms with Crippen molar-refractivity contribution in [3.63, 3.8) is 0 Å². The highest BCUT2D eigenvalue weighted by molar-refractivity contribution is 5.88. The van der Waals surface area contributed by atoms with Crippen molar-refractivity contribution < 1.29 is 4.79 Å². The lowest BCUT2D eigenvalue weighted by Gasteiger charge is -2.04. The molecule has 0 saturated carbocycles. The van der Waals surface area contributed by atoms with E-state index in [0.29, 0.717) is 11.4 Å². The topological polar surface area (TPSA) is 74.8 Å². The lowest BCUT2D eigenvalue weighted by Crippen LogP contribution is -2.11. The summed E-state index contributed by atoms with van der Waals surface area (Å²) in [6, 6.07) is 7.26. The molecule has 2 rings (SSSR count). The summed E-state index contributed by atoms with van der Waals surface area (Å²) in [4.78, 5) is 28.9. The lowest BCUT2D eigenvalue weighted by molar-refractivity contribution is -0.114. The van der Waals surface area contributed by atoms with Crippen LogP contribution in [-0.2, 0) is 4.79 Å². The van der Waals surface area contributed by atoms with Crippen LogP contribution in [0.4, 0.5) is 5.69 Å². The van der Waals surface area contributed by atoms with E-state index in [0.717, 1.165) is 11.3 Å². The zero-order chi connectivity index (χ0) is 13.1. The van der Waals surface area contributed by atoms with Gasteiger partial charge >= 0.3 is 0 Å². The standard InChI is InChI=1S/C13H13N3O2/c1-8-13(18)14-7-12(15-8)10-3-5-11(6-4-10)16-9(2)17/h3-7H,1-2H3,(H,14,18)(H,16,17). The summed E-state index contributed by atoms with van der Waals surface area (Å²) < 4.78 is 0. The molecule has 0 atom stereocenters. The van der Waals surface area contributed by atoms with Crippen LogP contribution in [0.3, 0.4) is 0 Å². The first-order valence-corrected chi connectivity index (χ1v) is 5.50. The van der Waals surface area contributed by atoms with E-state index < -0.39 is 0 Å². The molecule has 1 heterocycles. The average Bonchev–Trinajstić information content (AvgIpc) is 2.33. The fourth-order valence-electron chi connectivity index (χ4n) is 1.58. The number of aromatic amines is 1. The summed E-state index contributed by atoms with van der Waals surface area (Å²) >= 11 is 0. The van der Waals surface area contributed by atoms with Gasteiger partial charge in [0.25, 0.3) is 5.56 Å². The maximum atomic E-state index is 11.2. The highest BCUT2D eigenvalue weighted by atomic mass is 16.1. The van der Waals surface area contributed by atoms with E-state index >= 15 is 0 Å². The summed E-state index contributed by atoms with van der Waals surface area (Å²) in [5, 5.41) is 2.69. The number of nitrogens with one attached hydrogen (secondary N) is 2. The Labute approximate surface area is 104 Å². The third-order valence-electron chi connectivity index (χ3n) is 2.46. The molecule has 92 valence electrons. The minimum Gasteiger partial charge on any atom is -0.326 e. The lowest BCUT2D eigenvalue weighted by atomic mass is 10.1. The van der Waals surface area contributed by atoms with Crippen molar-refractivity contribution in [1.29, 1.82) is 0 Å². The van der Waals surface area contributed by atoms with E-state index in [4.69, 9.17) is 0 Å². The summed E-state index contributed by atoms with van der Waals surface area (Å²) in [6.45, 7) is 3.12. The van der Waals surface area contributed by atoms with Gasteiger partial charge < -0.3 is 10.3 Å². The fraction of sp³-hybridized carbons (Fsp3) is 0.154. The maximum Gasteiger partial charge on any atom is 0.269 e. The Bertz CT molecular complexity index is 629. The van der Waals surface area contributed by atoms with Gasteiger partial charge in [-0.15, -0.1) is 0 Å². The van der Waals surface area contributed by atoms with Gasteiger partial charge in [0.15, 0.2) is 0 Å². The number of nitrogens with zero attached hydrogens (tertiary/aromatic N) is 1. The van der Waals surface area contributed by atoms with Crippen molar-refractivity contribution >= 4 is 11.6 Å². The molecular formula is C13H13N3O2. The van der Waals surface area contributed by atoms with Crippen molar-refractivity contribution in [2.24, 2.45) is 0 Å². The normalized spacial score (nSPS) is 10.1. The fourth-order valence-corrected chi connectivity index (χ4v) is 1.58. The van der Waals surface area contributed by atoms with Gasteiger partial charge in [0.05, 0.1) is 5.69 Å². The highest BCUT2D eigenvalue weighted by Gasteiger charge is 2.02. The van der Waals surface area contributed by atoms with Crippen molar-refractivity contribution in [2.75, 3.05) is 5.32 Å². The van der Waals surface area contributed by atoms with Gasteiger partial charge in [-0.3, -0.25) is 9.59 Å². The molecule has 2 aromatic rings. The minimum atomic E-state index is -0.186. The number of carbonyl (C=O) groups excluding carboxylic acids is 1. The summed E-state index contributed by atoms with van der Waals surface area (Å²) in [7, 11) is 0. The Balaban J connectivity index is 2.31. The summed E-state index contributed by atoms with van der Waals surface area (Å²) in [5.41, 5.74) is 2.55. The van der Waals surface area contributed by atoms with Gasteiger partial charge in [-0.05, 0) is 19.1 Å². The Hall–Kier alpha value is -2.43. The molecule has 1 aromatic carbocycles. The van der Waals surface area contributed by atoms with Crippen molar-refractivity contribution in [3.05, 3.63) is 46.5 Å². The van der Waals surface area contributed by atoms with Crippen LogP contribution in [0.5, 0.6) is 0 Å². The van der Waals surface area contributed by atoms with Crippen LogP contribution in [-0.4, -0.2) is 15.9 Å². The smallest absolute Gasteiger partial charge is 0.269 e. The number of hydrogen-bond acceptors (Lipinski definition) is 3. The number of anilines is 1. The quantitative estimate of drug-likeness (QED) is 0.843. The molecule has 0 unspecified atom stereocenters. The molecule has 5 nitrogen and oxygen atoms in total. The highest BCUT2D eigenvalue weighted by Crippen LogP contribution is 2.18. The summed E-state index contributed by atoms with van der Waals surface area (Å²) in [5.74, 6) is -0.110. The zero-order valence-corrected chi connectivity index (χ0v) is 10.2. The Morgan fingerprint density at radius 3 is 2.50 bits per heavy atom. The minimum absolute atomic E-state index is 0.110. The number of aromatic nitrogens is 2. The SMILES string of the molecule is CC(=O)Nc1ccc(-c2c[nH]c(=O)c(C)n2)cc1. The third-order valence-corrected chi connectivity index (χ3v) is 2.46. The van der Waals surface area contributed by atoms with Crippen LogP contribution in [0.2, 0.25) is 0 Å². The number of benzene rings is 1. The molecule has 0 radical (unpaired) electrons. The van der Waals surface area contributed by atoms with Crippen LogP contribution in [0.15, 0.2) is 35.3 Å². The van der Waals surface area contributed by atoms with Gasteiger partial charge in [-0.25, -0.2) is 4.98 Å². The number of rotatable bonds is 2. The van der Waals surface area contributed by atoms with E-state index in [1.165, 1.54) is 6.92 Å². The number of carbonyl (C=O) groups is 1. The van der Waals surface area contributed by atoms with Crippen molar-refractivity contribution in [3.8, 4) is 11.3 Å². The summed E-state index contributed by atoms with van der Waals surface area (Å²) in [6.07, 6.45) is 1.57. The Morgan fingerprint density at radius 1 is 1.28 bits per heavy atom. The van der Waals surface area contributed by atoms with Crippen LogP contribution in [0, 0.1) is 6.92 Å². The molecule has 0 bridgehead atoms. The van der Waals surface area contributed by atoms with Crippen LogP contribution in [0.25, 0.3) is 11.3 Å². The molecule has 0 fully saturated rings. The maximum absolute atomic E-state index is 11.2. The van der Waals surface area contributed by atoms with Crippen molar-refractivity contribution in [2.45, 2.75) is 13.8 Å². The van der Waals surface area contributed by atoms with Crippen LogP contribution < -0.4 is 10.9 Å². The third kappa shape index (κ3) is 2.63. The predicted molar refractivity (Wildman–Crippen MR) is 69.3 cm³/mol. The van der Waals surface area contributed by atoms with Gasteiger partial charge in [-0.2, -0.15) is 0 Å². The second-order valence-electron chi connectivity index (χ2n) is 3.96. The Kier molecular flexibility index (Phi) is 3.23. The number of aryl methyl sites for hydroxylation is 1. The van der Waals surface area contributed by atoms with E-state index in [-0.39, 0.29) is 11.5 Å². The first-order valence-electron chi connectivity index (χ1n) is 5.50. The second-order valence-corrected chi connectivity index (χ2v) is 3.96. The van der Waals surface area contributed by atoms with E-state index in [1.807, 2.05) is 12.1 Å². The second kappa shape index (κ2) is 4.83. The van der Waals surface area contributed by atoms with E-state index in [2.05, 4.69) is 15.3 Å². The molecule has 0 spiro atoms. The molecule has 1 aromatic heterocycles. The molecule has 2 N–H and O–H groups in total. The van der Waals surface area contributed by atoms with Crippen LogP contribution >= 0.6 is 0 Å². The number of amides is 1. The molecule has 0 saturated heterocycles. The van der Waals surface area contributed by atoms with Gasteiger partial charge in [-0.1, -0.05) is 12.1 Å². The van der Waals surface area contributed by atoms with Crippen molar-refractivity contribution in [1.82, 2.24) is 9.97 Å². The molecule has 0 aliphatic heterocycles. The van der Waals surface area contributed by atoms with Crippen LogP contribution in [0.1, 0.15) is 12.6 Å². The molecule has 5 heteroatoms. The molecule has 0 aliphatic rings. The first-order chi connectivity index (χ1) is 8.56. The van der Waals surface area contributed by atoms with Gasteiger partial charge in [0.1, 0.15) is 5.69 Å². The Morgan fingerprint density at radius 2 is 1.94 bits per heavy atom. The average molecular weight is 243 g/mol. The molecule has 0 aliphatic carbocycles. The van der Waals surface area contributed by atoms with E-state index in [9.17, 15) is 9.59 Å². The van der Waals surface area contributed by atoms with Gasteiger partial charge in [0.2, 0.25) is 5.91 Å². The predicted octanol–water partition coefficient (Wildman–Crippen LogP) is 1.70. The largest absolute Gasteiger partial charge is 0.326 e. The van der Waals surface area contributed by atoms with E-state index in [1.54, 1.807) is 25.3 Å². The molecule has 18 heavy (non-hydrogen) atoms. The zero-order valence-electron chi connectivity index (χ0n) is 10.2. The monoisotopic (exact) mass is 243 g/mol. The number of hydrogen-bond donors (Lipinski definition) is 2.